The van der Waals surface area contributed by atoms with Gasteiger partial charge in [0.2, 0.25) is 0 Å². The molecular weight excluding hydrogens is 362 g/mol. The van der Waals surface area contributed by atoms with Crippen LogP contribution >= 0.6 is 11.8 Å². The van der Waals surface area contributed by atoms with E-state index in [0.717, 1.165) is 44.6 Å². The predicted octanol–water partition coefficient (Wildman–Crippen LogP) is 6.66. The molecule has 0 aliphatic carbocycles. The quantitative estimate of drug-likeness (QED) is 0.325. The van der Waals surface area contributed by atoms with Crippen molar-refractivity contribution in [3.63, 3.8) is 0 Å². The standard InChI is InChI=1S/C24H15N3S/c1-2-10-18-17(9-1)25-20-12-5-7-15(23(20)26-18)16-8-6-14-22-24(16)27-19-11-3-4-13-21(19)28-22/h1-14,27H. The third-order valence-corrected chi connectivity index (χ3v) is 6.19. The Morgan fingerprint density at radius 1 is 0.571 bits per heavy atom. The number of benzene rings is 4. The number of nitrogens with one attached hydrogen (secondary N) is 1. The summed E-state index contributed by atoms with van der Waals surface area (Å²) in [5.74, 6) is 0. The second-order valence-electron chi connectivity index (χ2n) is 6.79. The molecule has 28 heavy (non-hydrogen) atoms. The Labute approximate surface area is 166 Å². The summed E-state index contributed by atoms with van der Waals surface area (Å²) in [6.45, 7) is 0. The van der Waals surface area contributed by atoms with Gasteiger partial charge in [-0.2, -0.15) is 0 Å². The highest BCUT2D eigenvalue weighted by molar-refractivity contribution is 7.99. The molecule has 0 spiro atoms. The third-order valence-electron chi connectivity index (χ3n) is 5.05. The van der Waals surface area contributed by atoms with E-state index in [1.54, 1.807) is 11.8 Å². The van der Waals surface area contributed by atoms with Crippen LogP contribution in [-0.4, -0.2) is 9.97 Å². The lowest BCUT2D eigenvalue weighted by atomic mass is 10.0. The summed E-state index contributed by atoms with van der Waals surface area (Å²) in [7, 11) is 0. The van der Waals surface area contributed by atoms with E-state index in [-0.39, 0.29) is 0 Å². The maximum absolute atomic E-state index is 4.95. The average molecular weight is 377 g/mol. The first-order valence-corrected chi connectivity index (χ1v) is 10.0. The minimum atomic E-state index is 0.915. The van der Waals surface area contributed by atoms with Crippen LogP contribution in [0, 0.1) is 0 Å². The second kappa shape index (κ2) is 6.08. The van der Waals surface area contributed by atoms with Crippen molar-refractivity contribution in [3.05, 3.63) is 84.9 Å². The monoisotopic (exact) mass is 377 g/mol. The molecule has 4 aromatic carbocycles. The molecule has 0 amide bonds. The first-order chi connectivity index (χ1) is 13.9. The topological polar surface area (TPSA) is 37.8 Å². The molecule has 0 unspecified atom stereocenters. The fourth-order valence-corrected chi connectivity index (χ4v) is 4.76. The summed E-state index contributed by atoms with van der Waals surface area (Å²) >= 11 is 1.80. The number of para-hydroxylation sites is 5. The summed E-state index contributed by atoms with van der Waals surface area (Å²) in [4.78, 5) is 12.2. The van der Waals surface area contributed by atoms with Crippen molar-refractivity contribution in [2.24, 2.45) is 0 Å². The molecule has 4 heteroatoms. The number of rotatable bonds is 1. The van der Waals surface area contributed by atoms with E-state index in [2.05, 4.69) is 59.9 Å². The minimum Gasteiger partial charge on any atom is -0.353 e. The number of hydrogen-bond acceptors (Lipinski definition) is 4. The lowest BCUT2D eigenvalue weighted by molar-refractivity contribution is 1.31. The van der Waals surface area contributed by atoms with Gasteiger partial charge in [0.15, 0.2) is 0 Å². The highest BCUT2D eigenvalue weighted by atomic mass is 32.2. The summed E-state index contributed by atoms with van der Waals surface area (Å²) in [6.07, 6.45) is 0. The molecule has 1 aromatic heterocycles. The number of hydrogen-bond donors (Lipinski definition) is 1. The Morgan fingerprint density at radius 2 is 1.25 bits per heavy atom. The van der Waals surface area contributed by atoms with Crippen LogP contribution in [-0.2, 0) is 0 Å². The Balaban J connectivity index is 1.60. The Bertz CT molecular complexity index is 1380. The molecular formula is C24H15N3S. The maximum atomic E-state index is 4.95. The third kappa shape index (κ3) is 2.38. The Morgan fingerprint density at radius 3 is 2.18 bits per heavy atom. The fraction of sp³-hybridized carbons (Fsp3) is 0. The zero-order valence-electron chi connectivity index (χ0n) is 14.9. The van der Waals surface area contributed by atoms with Gasteiger partial charge in [0, 0.05) is 20.9 Å². The van der Waals surface area contributed by atoms with Gasteiger partial charge in [-0.05, 0) is 36.4 Å². The fourth-order valence-electron chi connectivity index (χ4n) is 3.74. The van der Waals surface area contributed by atoms with E-state index in [9.17, 15) is 0 Å². The van der Waals surface area contributed by atoms with Crippen LogP contribution in [0.25, 0.3) is 33.2 Å². The van der Waals surface area contributed by atoms with Gasteiger partial charge in [0.05, 0.1) is 33.4 Å². The molecule has 2 heterocycles. The number of anilines is 2. The van der Waals surface area contributed by atoms with E-state index < -0.39 is 0 Å². The molecule has 132 valence electrons. The van der Waals surface area contributed by atoms with Crippen molar-refractivity contribution in [2.75, 3.05) is 5.32 Å². The van der Waals surface area contributed by atoms with E-state index in [4.69, 9.17) is 9.97 Å². The van der Waals surface area contributed by atoms with Crippen LogP contribution in [0.4, 0.5) is 11.4 Å². The molecule has 3 nitrogen and oxygen atoms in total. The molecule has 0 bridgehead atoms. The van der Waals surface area contributed by atoms with Crippen molar-refractivity contribution < 1.29 is 0 Å². The smallest absolute Gasteiger partial charge is 0.0973 e. The zero-order valence-corrected chi connectivity index (χ0v) is 15.7. The number of fused-ring (bicyclic) bond motifs is 4. The van der Waals surface area contributed by atoms with Crippen LogP contribution in [0.1, 0.15) is 0 Å². The van der Waals surface area contributed by atoms with Crippen molar-refractivity contribution in [3.8, 4) is 11.1 Å². The molecule has 0 saturated heterocycles. The molecule has 0 saturated carbocycles. The zero-order chi connectivity index (χ0) is 18.5. The predicted molar refractivity (Wildman–Crippen MR) is 116 cm³/mol. The highest BCUT2D eigenvalue weighted by Crippen LogP contribution is 2.48. The van der Waals surface area contributed by atoms with Crippen molar-refractivity contribution in [2.45, 2.75) is 9.79 Å². The van der Waals surface area contributed by atoms with Gasteiger partial charge in [-0.1, -0.05) is 60.3 Å². The van der Waals surface area contributed by atoms with Crippen LogP contribution in [0.2, 0.25) is 0 Å². The SMILES string of the molecule is c1ccc2c(c1)Nc1c(cccc1-c1cccc3nc4ccccc4nc13)S2. The largest absolute Gasteiger partial charge is 0.353 e. The van der Waals surface area contributed by atoms with Gasteiger partial charge >= 0.3 is 0 Å². The van der Waals surface area contributed by atoms with E-state index in [1.807, 2.05) is 30.3 Å². The van der Waals surface area contributed by atoms with Crippen LogP contribution < -0.4 is 5.32 Å². The molecule has 5 aromatic rings. The van der Waals surface area contributed by atoms with Crippen LogP contribution in [0.3, 0.4) is 0 Å². The molecule has 0 atom stereocenters. The molecule has 1 N–H and O–H groups in total. The average Bonchev–Trinajstić information content (AvgIpc) is 2.75. The highest BCUT2D eigenvalue weighted by Gasteiger charge is 2.20. The summed E-state index contributed by atoms with van der Waals surface area (Å²) in [5, 5.41) is 3.64. The molecule has 0 radical (unpaired) electrons. The van der Waals surface area contributed by atoms with Crippen LogP contribution in [0.5, 0.6) is 0 Å². The van der Waals surface area contributed by atoms with Crippen LogP contribution in [0.15, 0.2) is 94.7 Å². The summed E-state index contributed by atoms with van der Waals surface area (Å²) < 4.78 is 0. The van der Waals surface area contributed by atoms with E-state index >= 15 is 0 Å². The number of aromatic nitrogens is 2. The Hall–Kier alpha value is -3.37. The van der Waals surface area contributed by atoms with Crippen molar-refractivity contribution in [1.29, 1.82) is 0 Å². The lowest BCUT2D eigenvalue weighted by Gasteiger charge is -2.23. The van der Waals surface area contributed by atoms with Gasteiger partial charge in [-0.15, -0.1) is 0 Å². The molecule has 1 aliphatic rings. The van der Waals surface area contributed by atoms with Gasteiger partial charge < -0.3 is 5.32 Å². The molecule has 0 fully saturated rings. The number of nitrogens with zero attached hydrogens (tertiary/aromatic N) is 2. The van der Waals surface area contributed by atoms with E-state index in [0.29, 0.717) is 0 Å². The van der Waals surface area contributed by atoms with Crippen molar-refractivity contribution in [1.82, 2.24) is 9.97 Å². The van der Waals surface area contributed by atoms with Gasteiger partial charge in [0.1, 0.15) is 0 Å². The van der Waals surface area contributed by atoms with Gasteiger partial charge in [-0.25, -0.2) is 9.97 Å². The minimum absolute atomic E-state index is 0.915. The maximum Gasteiger partial charge on any atom is 0.0973 e. The van der Waals surface area contributed by atoms with Gasteiger partial charge in [-0.3, -0.25) is 0 Å². The van der Waals surface area contributed by atoms with Crippen molar-refractivity contribution >= 4 is 45.2 Å². The molecule has 1 aliphatic heterocycles. The first-order valence-electron chi connectivity index (χ1n) is 9.20. The Kier molecular flexibility index (Phi) is 3.40. The first kappa shape index (κ1) is 15.7. The van der Waals surface area contributed by atoms with Gasteiger partial charge in [0.25, 0.3) is 0 Å². The summed E-state index contributed by atoms with van der Waals surface area (Å²) in [5.41, 5.74) is 8.20. The second-order valence-corrected chi connectivity index (χ2v) is 7.87. The van der Waals surface area contributed by atoms with E-state index in [1.165, 1.54) is 9.79 Å². The lowest BCUT2D eigenvalue weighted by Crippen LogP contribution is -2.02. The molecule has 6 rings (SSSR count). The normalized spacial score (nSPS) is 12.4. The summed E-state index contributed by atoms with van der Waals surface area (Å²) in [6, 6.07) is 29.1.